The predicted octanol–water partition coefficient (Wildman–Crippen LogP) is 3.06. The highest BCUT2D eigenvalue weighted by Crippen LogP contribution is 2.29. The summed E-state index contributed by atoms with van der Waals surface area (Å²) in [4.78, 5) is 4.87. The van der Waals surface area contributed by atoms with Gasteiger partial charge in [0.05, 0.1) is 20.3 Å². The Labute approximate surface area is 167 Å². The van der Waals surface area contributed by atoms with Crippen LogP contribution in [0.2, 0.25) is 0 Å². The summed E-state index contributed by atoms with van der Waals surface area (Å²) in [6.45, 7) is 9.28. The van der Waals surface area contributed by atoms with Crippen molar-refractivity contribution in [2.75, 3.05) is 40.0 Å². The van der Waals surface area contributed by atoms with E-state index in [1.807, 2.05) is 32.0 Å². The van der Waals surface area contributed by atoms with Crippen molar-refractivity contribution in [1.82, 2.24) is 9.80 Å². The number of nitrogens with zero attached hydrogens (tertiary/aromatic N) is 2. The summed E-state index contributed by atoms with van der Waals surface area (Å²) in [6, 6.07) is 10.5. The summed E-state index contributed by atoms with van der Waals surface area (Å²) in [6.07, 6.45) is 0.767. The maximum Gasteiger partial charge on any atom is 0.161 e. The lowest BCUT2D eigenvalue weighted by atomic mass is 10.1. The molecule has 2 aromatic rings. The molecule has 1 N–H and O–H groups in total. The van der Waals surface area contributed by atoms with Crippen LogP contribution in [0.25, 0.3) is 0 Å². The van der Waals surface area contributed by atoms with Gasteiger partial charge in [-0.1, -0.05) is 6.07 Å². The Bertz CT molecular complexity index is 746. The molecule has 154 valence electrons. The number of aliphatic hydroxyl groups is 1. The number of furan rings is 1. The number of aryl methyl sites for hydroxylation is 1. The Kier molecular flexibility index (Phi) is 7.36. The van der Waals surface area contributed by atoms with E-state index in [0.29, 0.717) is 12.6 Å². The van der Waals surface area contributed by atoms with Gasteiger partial charge < -0.3 is 19.0 Å². The molecule has 6 nitrogen and oxygen atoms in total. The topological polar surface area (TPSA) is 58.3 Å². The third-order valence-electron chi connectivity index (χ3n) is 5.24. The SMILES string of the molecule is CCOc1cc(CN2CCN(Cc3ccc(C)o3)[C@@H](CCO)C2)ccc1OC. The lowest BCUT2D eigenvalue weighted by Crippen LogP contribution is -2.52. The lowest BCUT2D eigenvalue weighted by molar-refractivity contribution is 0.0454. The number of piperazine rings is 1. The van der Waals surface area contributed by atoms with Crippen molar-refractivity contribution in [3.63, 3.8) is 0 Å². The van der Waals surface area contributed by atoms with Crippen molar-refractivity contribution in [1.29, 1.82) is 0 Å². The summed E-state index contributed by atoms with van der Waals surface area (Å²) in [5.74, 6) is 3.49. The van der Waals surface area contributed by atoms with E-state index in [1.165, 1.54) is 5.56 Å². The molecular formula is C22H32N2O4. The van der Waals surface area contributed by atoms with E-state index < -0.39 is 0 Å². The van der Waals surface area contributed by atoms with Crippen molar-refractivity contribution in [2.24, 2.45) is 0 Å². The third kappa shape index (κ3) is 5.28. The Morgan fingerprint density at radius 3 is 2.68 bits per heavy atom. The monoisotopic (exact) mass is 388 g/mol. The van der Waals surface area contributed by atoms with Gasteiger partial charge in [0.25, 0.3) is 0 Å². The Morgan fingerprint density at radius 1 is 1.14 bits per heavy atom. The zero-order valence-corrected chi connectivity index (χ0v) is 17.2. The van der Waals surface area contributed by atoms with Crippen LogP contribution in [0.1, 0.15) is 30.4 Å². The molecule has 1 aromatic heterocycles. The summed E-state index contributed by atoms with van der Waals surface area (Å²) in [7, 11) is 1.66. The number of ether oxygens (including phenoxy) is 2. The van der Waals surface area contributed by atoms with E-state index in [4.69, 9.17) is 13.9 Å². The average Bonchev–Trinajstić information content (AvgIpc) is 3.09. The van der Waals surface area contributed by atoms with Crippen molar-refractivity contribution in [3.8, 4) is 11.5 Å². The molecule has 28 heavy (non-hydrogen) atoms. The minimum Gasteiger partial charge on any atom is -0.493 e. The van der Waals surface area contributed by atoms with E-state index in [-0.39, 0.29) is 6.61 Å². The fourth-order valence-electron chi connectivity index (χ4n) is 3.85. The molecule has 0 aliphatic carbocycles. The smallest absolute Gasteiger partial charge is 0.161 e. The van der Waals surface area contributed by atoms with Crippen LogP contribution >= 0.6 is 0 Å². The Hall–Kier alpha value is -2.02. The Morgan fingerprint density at radius 2 is 2.00 bits per heavy atom. The molecule has 0 saturated carbocycles. The van der Waals surface area contributed by atoms with Crippen LogP contribution in [0.15, 0.2) is 34.7 Å². The predicted molar refractivity (Wildman–Crippen MR) is 109 cm³/mol. The second kappa shape index (κ2) is 9.96. The number of hydrogen-bond donors (Lipinski definition) is 1. The van der Waals surface area contributed by atoms with Crippen LogP contribution < -0.4 is 9.47 Å². The first kappa shape index (κ1) is 20.7. The molecule has 1 fully saturated rings. The molecule has 0 unspecified atom stereocenters. The van der Waals surface area contributed by atoms with Crippen molar-refractivity contribution in [3.05, 3.63) is 47.4 Å². The summed E-state index contributed by atoms with van der Waals surface area (Å²) in [5, 5.41) is 9.54. The van der Waals surface area contributed by atoms with E-state index in [9.17, 15) is 5.11 Å². The molecule has 0 amide bonds. The van der Waals surface area contributed by atoms with Gasteiger partial charge in [-0.3, -0.25) is 9.80 Å². The summed E-state index contributed by atoms with van der Waals surface area (Å²) < 4.78 is 16.8. The quantitative estimate of drug-likeness (QED) is 0.713. The van der Waals surface area contributed by atoms with Gasteiger partial charge in [0.1, 0.15) is 11.5 Å². The zero-order chi connectivity index (χ0) is 19.9. The van der Waals surface area contributed by atoms with Gasteiger partial charge in [0.15, 0.2) is 11.5 Å². The molecule has 1 aliphatic rings. The van der Waals surface area contributed by atoms with Gasteiger partial charge in [-0.25, -0.2) is 0 Å². The van der Waals surface area contributed by atoms with E-state index in [2.05, 4.69) is 21.9 Å². The van der Waals surface area contributed by atoms with E-state index >= 15 is 0 Å². The van der Waals surface area contributed by atoms with Crippen LogP contribution in [-0.2, 0) is 13.1 Å². The standard InChI is InChI=1S/C22H32N2O4/c1-4-27-22-13-18(6-8-21(22)26-3)14-23-10-11-24(19(15-23)9-12-25)16-20-7-5-17(2)28-20/h5-8,13,19,25H,4,9-12,14-16H2,1-3H3/t19-/m0/s1. The highest BCUT2D eigenvalue weighted by atomic mass is 16.5. The van der Waals surface area contributed by atoms with Gasteiger partial charge in [-0.2, -0.15) is 0 Å². The van der Waals surface area contributed by atoms with E-state index in [0.717, 1.165) is 62.2 Å². The van der Waals surface area contributed by atoms with Crippen molar-refractivity contribution < 1.29 is 19.0 Å². The van der Waals surface area contributed by atoms with Gasteiger partial charge in [-0.15, -0.1) is 0 Å². The lowest BCUT2D eigenvalue weighted by Gasteiger charge is -2.41. The maximum atomic E-state index is 9.54. The molecule has 0 bridgehead atoms. The minimum absolute atomic E-state index is 0.198. The van der Waals surface area contributed by atoms with Crippen molar-refractivity contribution >= 4 is 0 Å². The molecule has 0 radical (unpaired) electrons. The van der Waals surface area contributed by atoms with Gasteiger partial charge in [0.2, 0.25) is 0 Å². The first-order chi connectivity index (χ1) is 13.6. The molecule has 0 spiro atoms. The molecule has 6 heteroatoms. The number of methoxy groups -OCH3 is 1. The van der Waals surface area contributed by atoms with Crippen LogP contribution in [0.4, 0.5) is 0 Å². The second-order valence-corrected chi connectivity index (χ2v) is 7.30. The molecule has 2 heterocycles. The average molecular weight is 389 g/mol. The number of hydrogen-bond acceptors (Lipinski definition) is 6. The fourth-order valence-corrected chi connectivity index (χ4v) is 3.85. The van der Waals surface area contributed by atoms with Gasteiger partial charge in [-0.05, 0) is 50.1 Å². The molecule has 1 saturated heterocycles. The molecule has 1 atom stereocenters. The highest BCUT2D eigenvalue weighted by molar-refractivity contribution is 5.43. The van der Waals surface area contributed by atoms with Crippen LogP contribution in [-0.4, -0.2) is 60.9 Å². The molecule has 1 aromatic carbocycles. The van der Waals surface area contributed by atoms with Crippen molar-refractivity contribution in [2.45, 2.75) is 39.4 Å². The second-order valence-electron chi connectivity index (χ2n) is 7.30. The molecule has 1 aliphatic heterocycles. The zero-order valence-electron chi connectivity index (χ0n) is 17.2. The van der Waals surface area contributed by atoms with E-state index in [1.54, 1.807) is 7.11 Å². The van der Waals surface area contributed by atoms with Gasteiger partial charge in [0, 0.05) is 38.8 Å². The maximum absolute atomic E-state index is 9.54. The highest BCUT2D eigenvalue weighted by Gasteiger charge is 2.27. The van der Waals surface area contributed by atoms with Gasteiger partial charge >= 0.3 is 0 Å². The normalized spacial score (nSPS) is 18.4. The largest absolute Gasteiger partial charge is 0.493 e. The molecule has 3 rings (SSSR count). The number of rotatable bonds is 9. The van der Waals surface area contributed by atoms with Crippen LogP contribution in [0.5, 0.6) is 11.5 Å². The molecular weight excluding hydrogens is 356 g/mol. The first-order valence-electron chi connectivity index (χ1n) is 10.0. The minimum atomic E-state index is 0.198. The summed E-state index contributed by atoms with van der Waals surface area (Å²) in [5.41, 5.74) is 1.21. The Balaban J connectivity index is 1.64. The number of benzene rings is 1. The summed E-state index contributed by atoms with van der Waals surface area (Å²) >= 11 is 0. The van der Waals surface area contributed by atoms with Crippen LogP contribution in [0.3, 0.4) is 0 Å². The van der Waals surface area contributed by atoms with Crippen LogP contribution in [0, 0.1) is 6.92 Å². The third-order valence-corrected chi connectivity index (χ3v) is 5.24. The number of aliphatic hydroxyl groups excluding tert-OH is 1. The first-order valence-corrected chi connectivity index (χ1v) is 10.0. The fraction of sp³-hybridized carbons (Fsp3) is 0.545.